The van der Waals surface area contributed by atoms with Gasteiger partial charge in [0.1, 0.15) is 0 Å². The minimum atomic E-state index is -0.987. The summed E-state index contributed by atoms with van der Waals surface area (Å²) in [7, 11) is 1.44. The Morgan fingerprint density at radius 1 is 1.19 bits per heavy atom. The quantitative estimate of drug-likeness (QED) is 0.647. The minimum Gasteiger partial charge on any atom is -0.465 e. The smallest absolute Gasteiger partial charge is 0.364 e. The van der Waals surface area contributed by atoms with Crippen LogP contribution >= 0.6 is 11.6 Å². The molecule has 5 heteroatoms. The summed E-state index contributed by atoms with van der Waals surface area (Å²) in [6.07, 6.45) is 4.43. The average molecular weight is 370 g/mol. The molecule has 2 atom stereocenters. The first kappa shape index (κ1) is 17.1. The van der Waals surface area contributed by atoms with Crippen LogP contribution in [0.15, 0.2) is 54.6 Å². The van der Waals surface area contributed by atoms with Gasteiger partial charge in [-0.05, 0) is 30.9 Å². The van der Waals surface area contributed by atoms with Gasteiger partial charge in [-0.1, -0.05) is 54.1 Å². The van der Waals surface area contributed by atoms with E-state index in [1.165, 1.54) is 20.0 Å². The second-order valence-corrected chi connectivity index (χ2v) is 7.47. The SMILES string of the molecule is COC(=O)[C@]1(c2ccccc2)NC=[N+](CC2CC2)[C@H]1c1ccc(Cl)cc1. The van der Waals surface area contributed by atoms with Gasteiger partial charge in [0.15, 0.2) is 6.04 Å². The molecule has 0 radical (unpaired) electrons. The Morgan fingerprint density at radius 2 is 1.88 bits per heavy atom. The van der Waals surface area contributed by atoms with Gasteiger partial charge in [0.2, 0.25) is 6.34 Å². The first-order valence-corrected chi connectivity index (χ1v) is 9.29. The number of ether oxygens (including phenoxy) is 1. The Hall–Kier alpha value is -2.33. The topological polar surface area (TPSA) is 41.3 Å². The number of nitrogens with one attached hydrogen (secondary N) is 1. The summed E-state index contributed by atoms with van der Waals surface area (Å²) in [5, 5.41) is 4.06. The largest absolute Gasteiger partial charge is 0.465 e. The van der Waals surface area contributed by atoms with Gasteiger partial charge in [-0.25, -0.2) is 4.79 Å². The highest BCUT2D eigenvalue weighted by molar-refractivity contribution is 6.30. The Kier molecular flexibility index (Phi) is 4.45. The zero-order chi connectivity index (χ0) is 18.1. The molecule has 1 N–H and O–H groups in total. The maximum atomic E-state index is 13.1. The number of carbonyl (C=O) groups excluding carboxylic acids is 1. The monoisotopic (exact) mass is 369 g/mol. The third-order valence-electron chi connectivity index (χ3n) is 5.29. The van der Waals surface area contributed by atoms with E-state index < -0.39 is 5.54 Å². The van der Waals surface area contributed by atoms with Gasteiger partial charge >= 0.3 is 5.97 Å². The van der Waals surface area contributed by atoms with Crippen LogP contribution in [0.2, 0.25) is 5.02 Å². The Balaban J connectivity index is 1.85. The highest BCUT2D eigenvalue weighted by atomic mass is 35.5. The lowest BCUT2D eigenvalue weighted by Crippen LogP contribution is -2.51. The number of rotatable bonds is 5. The third-order valence-corrected chi connectivity index (χ3v) is 5.54. The molecule has 0 bridgehead atoms. The number of carbonyl (C=O) groups is 1. The Bertz CT molecular complexity index is 831. The summed E-state index contributed by atoms with van der Waals surface area (Å²) >= 11 is 6.10. The fourth-order valence-electron chi connectivity index (χ4n) is 3.82. The van der Waals surface area contributed by atoms with Crippen LogP contribution < -0.4 is 5.32 Å². The van der Waals surface area contributed by atoms with Crippen molar-refractivity contribution in [3.63, 3.8) is 0 Å². The van der Waals surface area contributed by atoms with Gasteiger partial charge in [-0.3, -0.25) is 9.89 Å². The molecule has 1 aliphatic heterocycles. The molecule has 2 aliphatic rings. The van der Waals surface area contributed by atoms with Gasteiger partial charge in [0.25, 0.3) is 5.54 Å². The zero-order valence-electron chi connectivity index (χ0n) is 14.7. The van der Waals surface area contributed by atoms with Gasteiger partial charge in [0.05, 0.1) is 13.7 Å². The van der Waals surface area contributed by atoms with Crippen LogP contribution in [0.3, 0.4) is 0 Å². The van der Waals surface area contributed by atoms with Crippen LogP contribution in [0, 0.1) is 5.92 Å². The molecular formula is C21H22ClN2O2+. The molecule has 1 heterocycles. The van der Waals surface area contributed by atoms with Gasteiger partial charge in [0, 0.05) is 16.1 Å². The van der Waals surface area contributed by atoms with Gasteiger partial charge in [-0.2, -0.15) is 0 Å². The lowest BCUT2D eigenvalue weighted by Gasteiger charge is -2.30. The van der Waals surface area contributed by atoms with E-state index in [-0.39, 0.29) is 12.0 Å². The summed E-state index contributed by atoms with van der Waals surface area (Å²) in [4.78, 5) is 13.1. The van der Waals surface area contributed by atoms with E-state index in [1.807, 2.05) is 60.9 Å². The molecule has 2 aromatic rings. The number of esters is 1. The van der Waals surface area contributed by atoms with Gasteiger partial charge in [-0.15, -0.1) is 0 Å². The summed E-state index contributed by atoms with van der Waals surface area (Å²) in [6.45, 7) is 0.922. The van der Waals surface area contributed by atoms with Crippen molar-refractivity contribution in [2.24, 2.45) is 5.92 Å². The maximum absolute atomic E-state index is 13.1. The van der Waals surface area contributed by atoms with Crippen LogP contribution in [0.1, 0.15) is 30.0 Å². The molecule has 26 heavy (non-hydrogen) atoms. The van der Waals surface area contributed by atoms with E-state index >= 15 is 0 Å². The molecule has 4 nitrogen and oxygen atoms in total. The van der Waals surface area contributed by atoms with E-state index in [4.69, 9.17) is 16.3 Å². The normalized spacial score (nSPS) is 24.7. The average Bonchev–Trinajstić information content (AvgIpc) is 3.41. The number of nitrogens with zero attached hydrogens (tertiary/aromatic N) is 1. The predicted molar refractivity (Wildman–Crippen MR) is 101 cm³/mol. The summed E-state index contributed by atoms with van der Waals surface area (Å²) in [5.74, 6) is 0.394. The maximum Gasteiger partial charge on any atom is 0.364 e. The van der Waals surface area contributed by atoms with Crippen LogP contribution in [0.5, 0.6) is 0 Å². The number of benzene rings is 2. The van der Waals surface area contributed by atoms with Crippen molar-refractivity contribution in [2.75, 3.05) is 13.7 Å². The Morgan fingerprint density at radius 3 is 2.50 bits per heavy atom. The third kappa shape index (κ3) is 2.88. The first-order chi connectivity index (χ1) is 12.6. The van der Waals surface area contributed by atoms with Crippen molar-refractivity contribution in [1.29, 1.82) is 0 Å². The molecule has 134 valence electrons. The van der Waals surface area contributed by atoms with Crippen LogP contribution in [0.4, 0.5) is 0 Å². The molecule has 1 fully saturated rings. The van der Waals surface area contributed by atoms with Crippen LogP contribution in [-0.4, -0.2) is 30.5 Å². The second kappa shape index (κ2) is 6.76. The second-order valence-electron chi connectivity index (χ2n) is 7.03. The molecule has 1 aliphatic carbocycles. The highest BCUT2D eigenvalue weighted by Crippen LogP contribution is 2.43. The van der Waals surface area contributed by atoms with Gasteiger partial charge < -0.3 is 4.74 Å². The van der Waals surface area contributed by atoms with Crippen LogP contribution in [0.25, 0.3) is 0 Å². The Labute approximate surface area is 158 Å². The van der Waals surface area contributed by atoms with E-state index in [0.717, 1.165) is 17.7 Å². The van der Waals surface area contributed by atoms with E-state index in [1.54, 1.807) is 0 Å². The van der Waals surface area contributed by atoms with Crippen molar-refractivity contribution in [2.45, 2.75) is 24.4 Å². The number of halogens is 1. The molecule has 0 amide bonds. The van der Waals surface area contributed by atoms with Crippen LogP contribution in [-0.2, 0) is 15.1 Å². The van der Waals surface area contributed by atoms with Crippen molar-refractivity contribution >= 4 is 23.9 Å². The fraction of sp³-hybridized carbons (Fsp3) is 0.333. The molecule has 0 saturated heterocycles. The lowest BCUT2D eigenvalue weighted by molar-refractivity contribution is -0.570. The fourth-order valence-corrected chi connectivity index (χ4v) is 3.95. The molecule has 1 saturated carbocycles. The summed E-state index contributed by atoms with van der Waals surface area (Å²) in [6, 6.07) is 17.3. The molecule has 2 aromatic carbocycles. The summed E-state index contributed by atoms with van der Waals surface area (Å²) in [5.41, 5.74) is 0.936. The molecule has 4 rings (SSSR count). The van der Waals surface area contributed by atoms with Crippen molar-refractivity contribution in [3.05, 3.63) is 70.7 Å². The molecule has 0 unspecified atom stereocenters. The van der Waals surface area contributed by atoms with E-state index in [9.17, 15) is 4.79 Å². The molecule has 0 spiro atoms. The molecular weight excluding hydrogens is 348 g/mol. The first-order valence-electron chi connectivity index (χ1n) is 8.91. The van der Waals surface area contributed by atoms with Crippen molar-refractivity contribution < 1.29 is 14.1 Å². The zero-order valence-corrected chi connectivity index (χ0v) is 15.4. The standard InChI is InChI=1S/C21H21ClN2O2/c1-26-20(25)21(17-5-3-2-4-6-17)19(16-9-11-18(22)12-10-16)24(14-23-21)13-15-7-8-15/h2-6,9-12,14-15,19H,7-8,13H2,1H3/p+1/t19-,21+/m0/s1. The summed E-state index contributed by atoms with van der Waals surface area (Å²) < 4.78 is 7.50. The minimum absolute atomic E-state index is 0.199. The van der Waals surface area contributed by atoms with Crippen molar-refractivity contribution in [3.8, 4) is 0 Å². The lowest BCUT2D eigenvalue weighted by atomic mass is 9.79. The predicted octanol–water partition coefficient (Wildman–Crippen LogP) is 3.50. The molecule has 0 aromatic heterocycles. The number of hydrogen-bond acceptors (Lipinski definition) is 3. The number of hydrogen-bond donors (Lipinski definition) is 1. The van der Waals surface area contributed by atoms with E-state index in [2.05, 4.69) is 9.89 Å². The van der Waals surface area contributed by atoms with Crippen molar-refractivity contribution in [1.82, 2.24) is 5.32 Å². The van der Waals surface area contributed by atoms with E-state index in [0.29, 0.717) is 10.9 Å². The number of methoxy groups -OCH3 is 1. The highest BCUT2D eigenvalue weighted by Gasteiger charge is 2.60.